The second-order valence-electron chi connectivity index (χ2n) is 4.39. The van der Waals surface area contributed by atoms with E-state index in [0.717, 1.165) is 11.8 Å². The lowest BCUT2D eigenvalue weighted by molar-refractivity contribution is 0.112. The van der Waals surface area contributed by atoms with Crippen LogP contribution in [0.4, 0.5) is 0 Å². The molecule has 0 aliphatic rings. The molecule has 0 amide bonds. The van der Waals surface area contributed by atoms with E-state index < -0.39 is 10.1 Å². The summed E-state index contributed by atoms with van der Waals surface area (Å²) in [5, 5.41) is 0. The van der Waals surface area contributed by atoms with Gasteiger partial charge in [-0.2, -0.15) is 8.42 Å². The van der Waals surface area contributed by atoms with Gasteiger partial charge in [-0.05, 0) is 23.8 Å². The lowest BCUT2D eigenvalue weighted by atomic mass is 10.2. The molecule has 5 nitrogen and oxygen atoms in total. The van der Waals surface area contributed by atoms with E-state index in [-0.39, 0.29) is 18.1 Å². The quantitative estimate of drug-likeness (QED) is 0.605. The maximum atomic E-state index is 11.3. The van der Waals surface area contributed by atoms with Gasteiger partial charge in [0, 0.05) is 5.56 Å². The predicted octanol–water partition coefficient (Wildman–Crippen LogP) is 2.42. The van der Waals surface area contributed by atoms with Crippen molar-refractivity contribution in [3.63, 3.8) is 0 Å². The number of hydrogen-bond acceptors (Lipinski definition) is 5. The van der Waals surface area contributed by atoms with Crippen LogP contribution >= 0.6 is 0 Å². The lowest BCUT2D eigenvalue weighted by Gasteiger charge is -2.11. The molecule has 0 aromatic heterocycles. The average Bonchev–Trinajstić information content (AvgIpc) is 2.45. The summed E-state index contributed by atoms with van der Waals surface area (Å²) in [6.07, 6.45) is 1.54. The maximum Gasteiger partial charge on any atom is 0.306 e. The van der Waals surface area contributed by atoms with Crippen molar-refractivity contribution in [3.05, 3.63) is 59.7 Å². The molecule has 2 aromatic rings. The third-order valence-electron chi connectivity index (χ3n) is 2.58. The number of carbonyl (C=O) groups excluding carboxylic acids is 1. The minimum atomic E-state index is -3.70. The van der Waals surface area contributed by atoms with Gasteiger partial charge in [-0.1, -0.05) is 30.3 Å². The van der Waals surface area contributed by atoms with Crippen LogP contribution in [0.25, 0.3) is 0 Å². The molecule has 0 heterocycles. The molecule has 0 aliphatic carbocycles. The van der Waals surface area contributed by atoms with E-state index in [9.17, 15) is 13.2 Å². The molecule has 110 valence electrons. The third kappa shape index (κ3) is 4.61. The number of rotatable bonds is 6. The SMILES string of the molecule is CS(=O)(=O)Oc1cc(C=O)ccc1OCc1ccccc1. The summed E-state index contributed by atoms with van der Waals surface area (Å²) in [4.78, 5) is 10.8. The molecule has 0 fully saturated rings. The Morgan fingerprint density at radius 1 is 1.05 bits per heavy atom. The highest BCUT2D eigenvalue weighted by atomic mass is 32.2. The van der Waals surface area contributed by atoms with Crippen LogP contribution in [0.1, 0.15) is 15.9 Å². The van der Waals surface area contributed by atoms with E-state index in [1.165, 1.54) is 18.2 Å². The van der Waals surface area contributed by atoms with Crippen LogP contribution < -0.4 is 8.92 Å². The molecule has 0 saturated carbocycles. The van der Waals surface area contributed by atoms with Crippen molar-refractivity contribution in [1.82, 2.24) is 0 Å². The Hall–Kier alpha value is -2.34. The fourth-order valence-corrected chi connectivity index (χ4v) is 2.14. The Morgan fingerprint density at radius 3 is 2.38 bits per heavy atom. The summed E-state index contributed by atoms with van der Waals surface area (Å²) in [6, 6.07) is 13.8. The van der Waals surface area contributed by atoms with Gasteiger partial charge in [-0.25, -0.2) is 0 Å². The minimum Gasteiger partial charge on any atom is -0.485 e. The molecular formula is C15H14O5S. The average molecular weight is 306 g/mol. The van der Waals surface area contributed by atoms with E-state index in [4.69, 9.17) is 8.92 Å². The molecule has 0 spiro atoms. The van der Waals surface area contributed by atoms with Gasteiger partial charge in [0.1, 0.15) is 12.9 Å². The maximum absolute atomic E-state index is 11.3. The molecule has 0 aliphatic heterocycles. The summed E-state index contributed by atoms with van der Waals surface area (Å²) in [5.74, 6) is 0.257. The van der Waals surface area contributed by atoms with Gasteiger partial charge < -0.3 is 8.92 Å². The predicted molar refractivity (Wildman–Crippen MR) is 78.1 cm³/mol. The van der Waals surface area contributed by atoms with E-state index in [2.05, 4.69) is 0 Å². The first-order valence-electron chi connectivity index (χ1n) is 6.13. The molecule has 6 heteroatoms. The van der Waals surface area contributed by atoms with Gasteiger partial charge >= 0.3 is 10.1 Å². The van der Waals surface area contributed by atoms with Crippen LogP contribution in [0.2, 0.25) is 0 Å². The normalized spacial score (nSPS) is 10.9. The molecule has 0 bridgehead atoms. The van der Waals surface area contributed by atoms with Crippen molar-refractivity contribution in [2.45, 2.75) is 6.61 Å². The van der Waals surface area contributed by atoms with Gasteiger partial charge in [0.2, 0.25) is 0 Å². The molecule has 0 saturated heterocycles. The Bertz CT molecular complexity index is 723. The van der Waals surface area contributed by atoms with E-state index in [1.54, 1.807) is 0 Å². The van der Waals surface area contributed by atoms with Crippen LogP contribution in [-0.2, 0) is 16.7 Å². The van der Waals surface area contributed by atoms with Gasteiger partial charge in [-0.3, -0.25) is 4.79 Å². The topological polar surface area (TPSA) is 69.7 Å². The third-order valence-corrected chi connectivity index (χ3v) is 3.06. The van der Waals surface area contributed by atoms with E-state index in [1.807, 2.05) is 30.3 Å². The fraction of sp³-hybridized carbons (Fsp3) is 0.133. The standard InChI is InChI=1S/C15H14O5S/c1-21(17,18)20-15-9-13(10-16)7-8-14(15)19-11-12-5-3-2-4-6-12/h2-10H,11H2,1H3. The van der Waals surface area contributed by atoms with Crippen LogP contribution in [0.3, 0.4) is 0 Å². The smallest absolute Gasteiger partial charge is 0.306 e. The number of carbonyl (C=O) groups is 1. The summed E-state index contributed by atoms with van der Waals surface area (Å²) in [5.41, 5.74) is 1.24. The Kier molecular flexibility index (Phi) is 4.59. The highest BCUT2D eigenvalue weighted by molar-refractivity contribution is 7.86. The fourth-order valence-electron chi connectivity index (χ4n) is 1.68. The van der Waals surface area contributed by atoms with E-state index in [0.29, 0.717) is 11.8 Å². The number of aldehydes is 1. The first-order chi connectivity index (χ1) is 9.98. The van der Waals surface area contributed by atoms with Crippen molar-refractivity contribution < 1.29 is 22.1 Å². The largest absolute Gasteiger partial charge is 0.485 e. The molecular weight excluding hydrogens is 292 g/mol. The highest BCUT2D eigenvalue weighted by Crippen LogP contribution is 2.29. The van der Waals surface area contributed by atoms with Crippen molar-refractivity contribution in [1.29, 1.82) is 0 Å². The van der Waals surface area contributed by atoms with Crippen LogP contribution in [0.5, 0.6) is 11.5 Å². The zero-order valence-corrected chi connectivity index (χ0v) is 12.2. The number of benzene rings is 2. The summed E-state index contributed by atoms with van der Waals surface area (Å²) >= 11 is 0. The molecule has 0 atom stereocenters. The van der Waals surface area contributed by atoms with Crippen molar-refractivity contribution in [2.75, 3.05) is 6.26 Å². The Labute approximate surface area is 123 Å². The van der Waals surface area contributed by atoms with Gasteiger partial charge in [0.25, 0.3) is 0 Å². The Balaban J connectivity index is 2.23. The summed E-state index contributed by atoms with van der Waals surface area (Å²) in [7, 11) is -3.70. The second-order valence-corrected chi connectivity index (χ2v) is 5.96. The van der Waals surface area contributed by atoms with Crippen LogP contribution in [0, 0.1) is 0 Å². The van der Waals surface area contributed by atoms with Crippen LogP contribution in [-0.4, -0.2) is 21.0 Å². The van der Waals surface area contributed by atoms with Gasteiger partial charge in [0.15, 0.2) is 11.5 Å². The molecule has 0 N–H and O–H groups in total. The zero-order chi connectivity index (χ0) is 15.3. The second kappa shape index (κ2) is 6.41. The molecule has 0 unspecified atom stereocenters. The van der Waals surface area contributed by atoms with Crippen molar-refractivity contribution in [3.8, 4) is 11.5 Å². The zero-order valence-electron chi connectivity index (χ0n) is 11.4. The lowest BCUT2D eigenvalue weighted by Crippen LogP contribution is -2.08. The van der Waals surface area contributed by atoms with E-state index >= 15 is 0 Å². The number of hydrogen-bond donors (Lipinski definition) is 0. The molecule has 0 radical (unpaired) electrons. The van der Waals surface area contributed by atoms with Crippen LogP contribution in [0.15, 0.2) is 48.5 Å². The van der Waals surface area contributed by atoms with Crippen molar-refractivity contribution >= 4 is 16.4 Å². The summed E-state index contributed by atoms with van der Waals surface area (Å²) < 4.78 is 32.9. The van der Waals surface area contributed by atoms with Gasteiger partial charge in [-0.15, -0.1) is 0 Å². The first kappa shape index (κ1) is 15.1. The molecule has 21 heavy (non-hydrogen) atoms. The minimum absolute atomic E-state index is 0.00182. The molecule has 2 rings (SSSR count). The molecule has 2 aromatic carbocycles. The Morgan fingerprint density at radius 2 is 1.76 bits per heavy atom. The monoisotopic (exact) mass is 306 g/mol. The highest BCUT2D eigenvalue weighted by Gasteiger charge is 2.12. The first-order valence-corrected chi connectivity index (χ1v) is 7.95. The summed E-state index contributed by atoms with van der Waals surface area (Å²) in [6.45, 7) is 0.265. The van der Waals surface area contributed by atoms with Gasteiger partial charge in [0.05, 0.1) is 6.26 Å². The van der Waals surface area contributed by atoms with Crippen molar-refractivity contribution in [2.24, 2.45) is 0 Å². The number of ether oxygens (including phenoxy) is 1.